The standard InChI is InChI=1S/C8H11NO2/c10-5-6-1-3-9-4-2-7(11)8(6)9/h1,5,7-8,11H,2-4H2. The second kappa shape index (κ2) is 2.43. The predicted octanol–water partition coefficient (Wildman–Crippen LogP) is -0.440. The van der Waals surface area contributed by atoms with Crippen molar-refractivity contribution in [2.75, 3.05) is 13.1 Å². The fraction of sp³-hybridized carbons (Fsp3) is 0.625. The zero-order chi connectivity index (χ0) is 7.84. The summed E-state index contributed by atoms with van der Waals surface area (Å²) in [4.78, 5) is 12.6. The summed E-state index contributed by atoms with van der Waals surface area (Å²) in [6.45, 7) is 1.75. The van der Waals surface area contributed by atoms with E-state index in [9.17, 15) is 9.90 Å². The lowest BCUT2D eigenvalue weighted by molar-refractivity contribution is -0.105. The van der Waals surface area contributed by atoms with E-state index in [0.29, 0.717) is 0 Å². The summed E-state index contributed by atoms with van der Waals surface area (Å²) < 4.78 is 0. The van der Waals surface area contributed by atoms with Crippen molar-refractivity contribution in [2.45, 2.75) is 18.6 Å². The van der Waals surface area contributed by atoms with Crippen molar-refractivity contribution in [1.82, 2.24) is 4.90 Å². The Morgan fingerprint density at radius 3 is 3.27 bits per heavy atom. The largest absolute Gasteiger partial charge is 0.391 e. The van der Waals surface area contributed by atoms with Crippen molar-refractivity contribution in [3.8, 4) is 0 Å². The molecule has 0 aliphatic carbocycles. The molecule has 2 aliphatic rings. The van der Waals surface area contributed by atoms with Gasteiger partial charge in [0.05, 0.1) is 12.1 Å². The van der Waals surface area contributed by atoms with E-state index >= 15 is 0 Å². The Bertz CT molecular complexity index is 212. The Hall–Kier alpha value is -0.670. The van der Waals surface area contributed by atoms with Gasteiger partial charge < -0.3 is 5.11 Å². The molecule has 2 atom stereocenters. The maximum Gasteiger partial charge on any atom is 0.147 e. The van der Waals surface area contributed by atoms with Gasteiger partial charge in [0, 0.05) is 18.7 Å². The number of nitrogens with zero attached hydrogens (tertiary/aromatic N) is 1. The molecule has 0 aromatic heterocycles. The number of carbonyl (C=O) groups is 1. The van der Waals surface area contributed by atoms with E-state index in [1.165, 1.54) is 0 Å². The molecule has 0 aromatic carbocycles. The molecule has 0 amide bonds. The van der Waals surface area contributed by atoms with Crippen LogP contribution in [0.3, 0.4) is 0 Å². The Labute approximate surface area is 65.3 Å². The quantitative estimate of drug-likeness (QED) is 0.519. The van der Waals surface area contributed by atoms with Crippen LogP contribution in [-0.4, -0.2) is 41.5 Å². The molecule has 0 radical (unpaired) electrons. The van der Waals surface area contributed by atoms with E-state index in [-0.39, 0.29) is 12.1 Å². The molecule has 11 heavy (non-hydrogen) atoms. The second-order valence-electron chi connectivity index (χ2n) is 3.12. The molecular weight excluding hydrogens is 142 g/mol. The summed E-state index contributed by atoms with van der Waals surface area (Å²) in [6, 6.07) is 0.00694. The second-order valence-corrected chi connectivity index (χ2v) is 3.12. The third-order valence-electron chi connectivity index (χ3n) is 2.51. The van der Waals surface area contributed by atoms with Crippen LogP contribution in [0.4, 0.5) is 0 Å². The van der Waals surface area contributed by atoms with Crippen LogP contribution in [0.2, 0.25) is 0 Å². The molecule has 2 aliphatic heterocycles. The molecule has 0 spiro atoms. The number of rotatable bonds is 1. The molecule has 2 unspecified atom stereocenters. The van der Waals surface area contributed by atoms with E-state index in [0.717, 1.165) is 31.4 Å². The fourth-order valence-corrected chi connectivity index (χ4v) is 1.94. The third kappa shape index (κ3) is 0.921. The number of fused-ring (bicyclic) bond motifs is 1. The van der Waals surface area contributed by atoms with Crippen LogP contribution >= 0.6 is 0 Å². The summed E-state index contributed by atoms with van der Waals surface area (Å²) in [5.74, 6) is 0. The minimum atomic E-state index is -0.325. The first kappa shape index (κ1) is 7.00. The van der Waals surface area contributed by atoms with Crippen LogP contribution in [0.1, 0.15) is 6.42 Å². The molecule has 2 heterocycles. The maximum absolute atomic E-state index is 10.5. The van der Waals surface area contributed by atoms with E-state index in [1.54, 1.807) is 0 Å². The van der Waals surface area contributed by atoms with Crippen molar-refractivity contribution in [3.63, 3.8) is 0 Å². The van der Waals surface area contributed by atoms with Crippen LogP contribution in [0.5, 0.6) is 0 Å². The first-order valence-corrected chi connectivity index (χ1v) is 3.90. The average Bonchev–Trinajstić information content (AvgIpc) is 2.54. The van der Waals surface area contributed by atoms with Crippen LogP contribution in [-0.2, 0) is 4.79 Å². The molecule has 60 valence electrons. The molecular formula is C8H11NO2. The highest BCUT2D eigenvalue weighted by Gasteiger charge is 2.37. The summed E-state index contributed by atoms with van der Waals surface area (Å²) >= 11 is 0. The third-order valence-corrected chi connectivity index (χ3v) is 2.51. The molecule has 0 aromatic rings. The van der Waals surface area contributed by atoms with E-state index in [4.69, 9.17) is 0 Å². The number of hydrogen-bond acceptors (Lipinski definition) is 3. The molecule has 1 saturated heterocycles. The van der Waals surface area contributed by atoms with Crippen molar-refractivity contribution in [1.29, 1.82) is 0 Å². The van der Waals surface area contributed by atoms with E-state index in [1.807, 2.05) is 6.08 Å². The lowest BCUT2D eigenvalue weighted by Gasteiger charge is -2.17. The van der Waals surface area contributed by atoms with Gasteiger partial charge in [0.2, 0.25) is 0 Å². The highest BCUT2D eigenvalue weighted by atomic mass is 16.3. The molecule has 3 nitrogen and oxygen atoms in total. The first-order valence-electron chi connectivity index (χ1n) is 3.90. The molecule has 1 N–H and O–H groups in total. The van der Waals surface area contributed by atoms with E-state index in [2.05, 4.69) is 4.90 Å². The van der Waals surface area contributed by atoms with Crippen molar-refractivity contribution in [2.24, 2.45) is 0 Å². The van der Waals surface area contributed by atoms with Gasteiger partial charge >= 0.3 is 0 Å². The van der Waals surface area contributed by atoms with Crippen molar-refractivity contribution < 1.29 is 9.90 Å². The average molecular weight is 153 g/mol. The monoisotopic (exact) mass is 153 g/mol. The van der Waals surface area contributed by atoms with Gasteiger partial charge in [-0.1, -0.05) is 6.08 Å². The van der Waals surface area contributed by atoms with Gasteiger partial charge in [-0.15, -0.1) is 0 Å². The van der Waals surface area contributed by atoms with Crippen molar-refractivity contribution >= 4 is 6.29 Å². The minimum Gasteiger partial charge on any atom is -0.391 e. The number of carbonyl (C=O) groups excluding carboxylic acids is 1. The number of aliphatic hydroxyl groups is 1. The SMILES string of the molecule is O=CC1=CCN2CCC(O)C12. The molecule has 2 rings (SSSR count). The number of aliphatic hydroxyl groups excluding tert-OH is 1. The summed E-state index contributed by atoms with van der Waals surface area (Å²) in [5, 5.41) is 9.46. The van der Waals surface area contributed by atoms with Gasteiger partial charge in [-0.05, 0) is 6.42 Å². The Morgan fingerprint density at radius 2 is 2.55 bits per heavy atom. The molecule has 1 fully saturated rings. The van der Waals surface area contributed by atoms with Gasteiger partial charge in [0.1, 0.15) is 6.29 Å². The lowest BCUT2D eigenvalue weighted by atomic mass is 10.1. The summed E-state index contributed by atoms with van der Waals surface area (Å²) in [6.07, 6.45) is 3.24. The normalized spacial score (nSPS) is 37.0. The van der Waals surface area contributed by atoms with Crippen molar-refractivity contribution in [3.05, 3.63) is 11.6 Å². The molecule has 0 bridgehead atoms. The van der Waals surface area contributed by atoms with Crippen LogP contribution < -0.4 is 0 Å². The van der Waals surface area contributed by atoms with Gasteiger partial charge in [0.25, 0.3) is 0 Å². The lowest BCUT2D eigenvalue weighted by Crippen LogP contribution is -2.32. The summed E-state index contributed by atoms with van der Waals surface area (Å²) in [7, 11) is 0. The zero-order valence-electron chi connectivity index (χ0n) is 6.23. The Balaban J connectivity index is 2.21. The van der Waals surface area contributed by atoms with Gasteiger partial charge in [0.15, 0.2) is 0 Å². The molecule has 3 heteroatoms. The van der Waals surface area contributed by atoms with Crippen LogP contribution in [0, 0.1) is 0 Å². The smallest absolute Gasteiger partial charge is 0.147 e. The van der Waals surface area contributed by atoms with Crippen LogP contribution in [0.15, 0.2) is 11.6 Å². The number of aldehydes is 1. The van der Waals surface area contributed by atoms with Crippen LogP contribution in [0.25, 0.3) is 0 Å². The zero-order valence-corrected chi connectivity index (χ0v) is 6.23. The molecule has 0 saturated carbocycles. The summed E-state index contributed by atoms with van der Waals surface area (Å²) in [5.41, 5.74) is 0.759. The number of hydrogen-bond donors (Lipinski definition) is 1. The fourth-order valence-electron chi connectivity index (χ4n) is 1.94. The predicted molar refractivity (Wildman–Crippen MR) is 40.1 cm³/mol. The van der Waals surface area contributed by atoms with E-state index < -0.39 is 0 Å². The van der Waals surface area contributed by atoms with Gasteiger partial charge in [-0.3, -0.25) is 9.69 Å². The highest BCUT2D eigenvalue weighted by Crippen LogP contribution is 2.27. The minimum absolute atomic E-state index is 0.00694. The van der Waals surface area contributed by atoms with Gasteiger partial charge in [-0.2, -0.15) is 0 Å². The topological polar surface area (TPSA) is 40.5 Å². The Morgan fingerprint density at radius 1 is 1.73 bits per heavy atom. The maximum atomic E-state index is 10.5. The first-order chi connectivity index (χ1) is 5.33. The van der Waals surface area contributed by atoms with Gasteiger partial charge in [-0.25, -0.2) is 0 Å². The Kier molecular flexibility index (Phi) is 1.55. The highest BCUT2D eigenvalue weighted by molar-refractivity contribution is 5.76.